The maximum Gasteiger partial charge on any atom is 0.241 e. The van der Waals surface area contributed by atoms with Crippen LogP contribution in [0.1, 0.15) is 16.7 Å². The van der Waals surface area contributed by atoms with Crippen molar-refractivity contribution in [2.24, 2.45) is 0 Å². The summed E-state index contributed by atoms with van der Waals surface area (Å²) in [4.78, 5) is 12.1. The fourth-order valence-electron chi connectivity index (χ4n) is 2.56. The van der Waals surface area contributed by atoms with E-state index in [1.165, 1.54) is 0 Å². The van der Waals surface area contributed by atoms with Crippen LogP contribution in [0.15, 0.2) is 41.3 Å². The van der Waals surface area contributed by atoms with Gasteiger partial charge in [-0.3, -0.25) is 4.79 Å². The highest BCUT2D eigenvalue weighted by Gasteiger charge is 2.20. The van der Waals surface area contributed by atoms with Crippen LogP contribution in [0.4, 0.5) is 5.69 Å². The summed E-state index contributed by atoms with van der Waals surface area (Å²) in [5, 5.41) is 3.16. The molecule has 0 radical (unpaired) electrons. The number of hydrogen-bond acceptors (Lipinski definition) is 3. The Bertz CT molecular complexity index is 839. The molecule has 0 aliphatic carbocycles. The maximum atomic E-state index is 12.5. The third-order valence-corrected chi connectivity index (χ3v) is 5.38. The molecule has 0 saturated carbocycles. The third kappa shape index (κ3) is 4.56. The second kappa shape index (κ2) is 7.34. The van der Waals surface area contributed by atoms with Gasteiger partial charge in [0.05, 0.1) is 11.4 Å². The first-order valence-electron chi connectivity index (χ1n) is 7.32. The summed E-state index contributed by atoms with van der Waals surface area (Å²) in [6.07, 6.45) is 0. The van der Waals surface area contributed by atoms with Crippen molar-refractivity contribution in [2.75, 3.05) is 11.9 Å². The molecule has 0 unspecified atom stereocenters. The van der Waals surface area contributed by atoms with Gasteiger partial charge in [-0.05, 0) is 56.2 Å². The number of halogens is 1. The fourth-order valence-corrected chi connectivity index (χ4v) is 4.12. The Balaban J connectivity index is 2.07. The minimum Gasteiger partial charge on any atom is -0.325 e. The van der Waals surface area contributed by atoms with Crippen LogP contribution < -0.4 is 10.0 Å². The lowest BCUT2D eigenvalue weighted by atomic mass is 10.1. The van der Waals surface area contributed by atoms with Gasteiger partial charge >= 0.3 is 0 Å². The van der Waals surface area contributed by atoms with E-state index in [0.29, 0.717) is 21.8 Å². The van der Waals surface area contributed by atoms with Gasteiger partial charge in [0.2, 0.25) is 15.9 Å². The predicted octanol–water partition coefficient (Wildman–Crippen LogP) is 3.18. The first kappa shape index (κ1) is 18.4. The van der Waals surface area contributed by atoms with Crippen LogP contribution in [0.2, 0.25) is 5.02 Å². The molecule has 5 nitrogen and oxygen atoms in total. The molecule has 1 amide bonds. The van der Waals surface area contributed by atoms with Gasteiger partial charge in [-0.2, -0.15) is 0 Å². The average Bonchev–Trinajstić information content (AvgIpc) is 2.46. The van der Waals surface area contributed by atoms with Gasteiger partial charge in [0.25, 0.3) is 0 Å². The minimum absolute atomic E-state index is 0.215. The number of anilines is 1. The van der Waals surface area contributed by atoms with Crippen molar-refractivity contribution in [2.45, 2.75) is 25.7 Å². The second-order valence-corrected chi connectivity index (χ2v) is 7.75. The van der Waals surface area contributed by atoms with E-state index in [1.807, 2.05) is 6.92 Å². The Morgan fingerprint density at radius 3 is 2.12 bits per heavy atom. The van der Waals surface area contributed by atoms with Gasteiger partial charge in [0.15, 0.2) is 0 Å². The normalized spacial score (nSPS) is 11.3. The molecule has 0 atom stereocenters. The Labute approximate surface area is 147 Å². The summed E-state index contributed by atoms with van der Waals surface area (Å²) in [6.45, 7) is 5.03. The fraction of sp³-hybridized carbons (Fsp3) is 0.235. The molecule has 2 N–H and O–H groups in total. The van der Waals surface area contributed by atoms with E-state index >= 15 is 0 Å². The number of benzene rings is 2. The molecule has 2 aromatic carbocycles. The highest BCUT2D eigenvalue weighted by molar-refractivity contribution is 7.89. The van der Waals surface area contributed by atoms with Crippen LogP contribution in [0.25, 0.3) is 0 Å². The van der Waals surface area contributed by atoms with Crippen LogP contribution in [0, 0.1) is 20.8 Å². The molecule has 0 spiro atoms. The van der Waals surface area contributed by atoms with Crippen LogP contribution in [-0.2, 0) is 14.8 Å². The van der Waals surface area contributed by atoms with E-state index in [9.17, 15) is 13.2 Å². The largest absolute Gasteiger partial charge is 0.325 e. The molecule has 0 bridgehead atoms. The third-order valence-electron chi connectivity index (χ3n) is 3.42. The highest BCUT2D eigenvalue weighted by Crippen LogP contribution is 2.21. The van der Waals surface area contributed by atoms with E-state index in [4.69, 9.17) is 11.6 Å². The van der Waals surface area contributed by atoms with Crippen molar-refractivity contribution in [1.82, 2.24) is 4.72 Å². The smallest absolute Gasteiger partial charge is 0.241 e. The van der Waals surface area contributed by atoms with Gasteiger partial charge in [-0.1, -0.05) is 29.3 Å². The predicted molar refractivity (Wildman–Crippen MR) is 95.9 cm³/mol. The Morgan fingerprint density at radius 1 is 1.04 bits per heavy atom. The molecule has 2 aromatic rings. The lowest BCUT2D eigenvalue weighted by Crippen LogP contribution is -2.33. The van der Waals surface area contributed by atoms with Gasteiger partial charge < -0.3 is 5.32 Å². The lowest BCUT2D eigenvalue weighted by Gasteiger charge is -2.13. The van der Waals surface area contributed by atoms with E-state index in [1.54, 1.807) is 50.2 Å². The number of carbonyl (C=O) groups excluding carboxylic acids is 1. The zero-order chi connectivity index (χ0) is 17.9. The van der Waals surface area contributed by atoms with E-state index in [0.717, 1.165) is 5.56 Å². The molecular formula is C17H19ClN2O3S. The van der Waals surface area contributed by atoms with E-state index in [-0.39, 0.29) is 11.4 Å². The number of carbonyl (C=O) groups is 1. The molecule has 0 aliphatic rings. The molecule has 7 heteroatoms. The van der Waals surface area contributed by atoms with Gasteiger partial charge in [0.1, 0.15) is 0 Å². The van der Waals surface area contributed by atoms with Gasteiger partial charge in [-0.25, -0.2) is 13.1 Å². The quantitative estimate of drug-likeness (QED) is 0.853. The van der Waals surface area contributed by atoms with Crippen molar-refractivity contribution >= 4 is 33.2 Å². The molecule has 0 aliphatic heterocycles. The summed E-state index contributed by atoms with van der Waals surface area (Å²) in [5.41, 5.74) is 2.84. The summed E-state index contributed by atoms with van der Waals surface area (Å²) >= 11 is 5.77. The number of amides is 1. The molecule has 0 fully saturated rings. The molecule has 24 heavy (non-hydrogen) atoms. The summed E-state index contributed by atoms with van der Waals surface area (Å²) in [6, 6.07) is 10.2. The van der Waals surface area contributed by atoms with Crippen molar-refractivity contribution in [3.8, 4) is 0 Å². The number of hydrogen-bond donors (Lipinski definition) is 2. The van der Waals surface area contributed by atoms with Crippen molar-refractivity contribution in [3.63, 3.8) is 0 Å². The van der Waals surface area contributed by atoms with E-state index in [2.05, 4.69) is 10.0 Å². The Morgan fingerprint density at radius 2 is 1.58 bits per heavy atom. The molecular weight excluding hydrogens is 348 g/mol. The lowest BCUT2D eigenvalue weighted by molar-refractivity contribution is -0.115. The second-order valence-electron chi connectivity index (χ2n) is 5.61. The summed E-state index contributed by atoms with van der Waals surface area (Å²) < 4.78 is 27.3. The molecule has 2 rings (SSSR count). The summed E-state index contributed by atoms with van der Waals surface area (Å²) in [5.74, 6) is -0.455. The average molecular weight is 367 g/mol. The zero-order valence-corrected chi connectivity index (χ0v) is 15.3. The van der Waals surface area contributed by atoms with E-state index < -0.39 is 15.9 Å². The van der Waals surface area contributed by atoms with Crippen LogP contribution in [-0.4, -0.2) is 20.9 Å². The monoisotopic (exact) mass is 366 g/mol. The number of nitrogens with one attached hydrogen (secondary N) is 2. The van der Waals surface area contributed by atoms with Crippen molar-refractivity contribution in [3.05, 3.63) is 58.1 Å². The van der Waals surface area contributed by atoms with Gasteiger partial charge in [0, 0.05) is 10.7 Å². The first-order valence-corrected chi connectivity index (χ1v) is 9.18. The molecule has 0 aromatic heterocycles. The maximum absolute atomic E-state index is 12.5. The zero-order valence-electron chi connectivity index (χ0n) is 13.7. The first-order chi connectivity index (χ1) is 11.2. The number of sulfonamides is 1. The van der Waals surface area contributed by atoms with Crippen LogP contribution >= 0.6 is 11.6 Å². The minimum atomic E-state index is -3.76. The van der Waals surface area contributed by atoms with Crippen molar-refractivity contribution < 1.29 is 13.2 Å². The molecule has 0 saturated heterocycles. The highest BCUT2D eigenvalue weighted by atomic mass is 35.5. The summed E-state index contributed by atoms with van der Waals surface area (Å²) in [7, 11) is -3.76. The van der Waals surface area contributed by atoms with Crippen molar-refractivity contribution in [1.29, 1.82) is 0 Å². The topological polar surface area (TPSA) is 75.3 Å². The Kier molecular flexibility index (Phi) is 5.64. The van der Waals surface area contributed by atoms with Crippen LogP contribution in [0.3, 0.4) is 0 Å². The number of rotatable bonds is 5. The SMILES string of the molecule is Cc1cc(C)c(S(=O)(=O)NCC(=O)Nc2ccc(Cl)cc2)c(C)c1. The van der Waals surface area contributed by atoms with Crippen LogP contribution in [0.5, 0.6) is 0 Å². The number of aryl methyl sites for hydroxylation is 3. The molecule has 128 valence electrons. The standard InChI is InChI=1S/C17H19ClN2O3S/c1-11-8-12(2)17(13(3)9-11)24(22,23)19-10-16(21)20-15-6-4-14(18)5-7-15/h4-9,19H,10H2,1-3H3,(H,20,21). The molecule has 0 heterocycles. The Hall–Kier alpha value is -1.89. The van der Waals surface area contributed by atoms with Gasteiger partial charge in [-0.15, -0.1) is 0 Å².